The van der Waals surface area contributed by atoms with E-state index in [2.05, 4.69) is 49.9 Å². The molecule has 0 bridgehead atoms. The van der Waals surface area contributed by atoms with Crippen LogP contribution in [0, 0.1) is 33.1 Å². The quantitative estimate of drug-likeness (QED) is 0.0802. The van der Waals surface area contributed by atoms with Crippen LogP contribution in [0.2, 0.25) is 5.02 Å². The van der Waals surface area contributed by atoms with Gasteiger partial charge in [0.1, 0.15) is 29.0 Å². The van der Waals surface area contributed by atoms with E-state index in [1.54, 1.807) is 22.7 Å². The van der Waals surface area contributed by atoms with Gasteiger partial charge in [0.25, 0.3) is 0 Å². The molecule has 2 aromatic carbocycles. The number of nitrogens with one attached hydrogen (secondary N) is 3. The number of likely N-dealkylation sites (tertiary alicyclic amines) is 2. The van der Waals surface area contributed by atoms with Gasteiger partial charge >= 0.3 is 0 Å². The highest BCUT2D eigenvalue weighted by molar-refractivity contribution is 7.15. The van der Waals surface area contributed by atoms with E-state index in [1.165, 1.54) is 9.78 Å². The van der Waals surface area contributed by atoms with Gasteiger partial charge in [0.05, 0.1) is 47.0 Å². The maximum absolute atomic E-state index is 14.1. The Kier molecular flexibility index (Phi) is 16.0. The number of thiazole rings is 1. The minimum atomic E-state index is -0.901. The van der Waals surface area contributed by atoms with Crippen molar-refractivity contribution in [3.05, 3.63) is 104 Å². The van der Waals surface area contributed by atoms with E-state index < -0.39 is 29.6 Å². The molecule has 372 valence electrons. The molecule has 19 heteroatoms. The number of rotatable bonds is 16. The van der Waals surface area contributed by atoms with Crippen molar-refractivity contribution in [2.75, 3.05) is 39.3 Å². The minimum Gasteiger partial charge on any atom is -0.391 e. The third-order valence-corrected chi connectivity index (χ3v) is 15.8. The van der Waals surface area contributed by atoms with Crippen molar-refractivity contribution in [1.82, 2.24) is 45.5 Å². The maximum atomic E-state index is 14.1. The predicted octanol–water partition coefficient (Wildman–Crippen LogP) is 6.42. The second-order valence-electron chi connectivity index (χ2n) is 19.6. The Morgan fingerprint density at radius 2 is 1.66 bits per heavy atom. The van der Waals surface area contributed by atoms with Crippen LogP contribution in [0.5, 0.6) is 0 Å². The molecule has 70 heavy (non-hydrogen) atoms. The van der Waals surface area contributed by atoms with Crippen LogP contribution in [-0.4, -0.2) is 128 Å². The first-order chi connectivity index (χ1) is 33.4. The van der Waals surface area contributed by atoms with E-state index in [4.69, 9.17) is 21.3 Å². The predicted molar refractivity (Wildman–Crippen MR) is 273 cm³/mol. The number of hydrogen-bond donors (Lipinski definition) is 4. The fourth-order valence-corrected chi connectivity index (χ4v) is 11.5. The van der Waals surface area contributed by atoms with Gasteiger partial charge in [0.15, 0.2) is 5.82 Å². The topological polar surface area (TPSA) is 196 Å². The summed E-state index contributed by atoms with van der Waals surface area (Å²) >= 11 is 9.50. The number of amides is 4. The molecule has 0 unspecified atom stereocenters. The van der Waals surface area contributed by atoms with Crippen molar-refractivity contribution in [3.8, 4) is 15.4 Å². The first kappa shape index (κ1) is 51.0. The molecular formula is C51H63ClN10O6S2. The first-order valence-electron chi connectivity index (χ1n) is 24.0. The highest BCUT2D eigenvalue weighted by atomic mass is 35.5. The third kappa shape index (κ3) is 11.7. The van der Waals surface area contributed by atoms with Crippen molar-refractivity contribution in [2.45, 2.75) is 117 Å². The van der Waals surface area contributed by atoms with Crippen molar-refractivity contribution in [3.63, 3.8) is 0 Å². The van der Waals surface area contributed by atoms with Crippen LogP contribution in [-0.2, 0) is 30.5 Å². The average molecular weight is 1010 g/mol. The summed E-state index contributed by atoms with van der Waals surface area (Å²) < 4.78 is 8.23. The van der Waals surface area contributed by atoms with Crippen LogP contribution < -0.4 is 16.0 Å². The number of ether oxygens (including phenoxy) is 1. The lowest BCUT2D eigenvalue weighted by molar-refractivity contribution is -0.144. The van der Waals surface area contributed by atoms with Crippen molar-refractivity contribution in [2.24, 2.45) is 10.4 Å². The molecule has 3 aliphatic heterocycles. The number of aliphatic imine (C=N–C) groups is 1. The zero-order valence-corrected chi connectivity index (χ0v) is 43.3. The fourth-order valence-electron chi connectivity index (χ4n) is 9.37. The van der Waals surface area contributed by atoms with Crippen LogP contribution in [0.25, 0.3) is 15.4 Å². The molecule has 6 heterocycles. The molecule has 3 aromatic heterocycles. The van der Waals surface area contributed by atoms with Gasteiger partial charge in [-0.05, 0) is 74.8 Å². The van der Waals surface area contributed by atoms with E-state index in [1.807, 2.05) is 93.2 Å². The number of β-amino-alcohol motifs (C(OH)–C–C–N with tert-alkyl or cyclic N) is 1. The number of nitrogens with zero attached hydrogens (tertiary/aromatic N) is 7. The smallest absolute Gasteiger partial charge is 0.246 e. The summed E-state index contributed by atoms with van der Waals surface area (Å²) in [5.74, 6) is 0.192. The molecular weight excluding hydrogens is 948 g/mol. The second kappa shape index (κ2) is 22.0. The maximum Gasteiger partial charge on any atom is 0.246 e. The van der Waals surface area contributed by atoms with Crippen LogP contribution >= 0.6 is 34.3 Å². The van der Waals surface area contributed by atoms with E-state index in [-0.39, 0.29) is 62.1 Å². The average Bonchev–Trinajstić information content (AvgIpc) is 4.10. The number of carbonyl (C=O) groups excluding carboxylic acids is 4. The van der Waals surface area contributed by atoms with Gasteiger partial charge in [-0.2, -0.15) is 0 Å². The molecule has 4 atom stereocenters. The number of aliphatic hydroxyl groups excluding tert-OH is 1. The van der Waals surface area contributed by atoms with Crippen LogP contribution in [0.1, 0.15) is 103 Å². The number of halogens is 1. The normalized spacial score (nSPS) is 19.0. The molecule has 0 saturated carbocycles. The van der Waals surface area contributed by atoms with Gasteiger partial charge in [-0.1, -0.05) is 68.8 Å². The molecule has 2 fully saturated rings. The molecule has 0 radical (unpaired) electrons. The summed E-state index contributed by atoms with van der Waals surface area (Å²) in [6.45, 7) is 16.7. The Morgan fingerprint density at radius 1 is 0.943 bits per heavy atom. The number of thiophene rings is 1. The molecule has 4 N–H and O–H groups in total. The third-order valence-electron chi connectivity index (χ3n) is 13.4. The molecule has 2 saturated heterocycles. The van der Waals surface area contributed by atoms with Gasteiger partial charge in [0.2, 0.25) is 23.6 Å². The Hall–Kier alpha value is -5.37. The highest BCUT2D eigenvalue weighted by Crippen LogP contribution is 2.40. The zero-order valence-electron chi connectivity index (χ0n) is 40.9. The number of carbonyl (C=O) groups is 4. The molecule has 5 aromatic rings. The Morgan fingerprint density at radius 3 is 2.34 bits per heavy atom. The van der Waals surface area contributed by atoms with Crippen LogP contribution in [0.4, 0.5) is 0 Å². The zero-order chi connectivity index (χ0) is 49.9. The van der Waals surface area contributed by atoms with E-state index in [9.17, 15) is 24.3 Å². The van der Waals surface area contributed by atoms with Gasteiger partial charge in [-0.25, -0.2) is 4.98 Å². The summed E-state index contributed by atoms with van der Waals surface area (Å²) in [6, 6.07) is 13.2. The van der Waals surface area contributed by atoms with Gasteiger partial charge in [0, 0.05) is 73.1 Å². The molecule has 4 amide bonds. The number of aliphatic hydroxyl groups is 1. The number of piperidine rings is 1. The van der Waals surface area contributed by atoms with Gasteiger partial charge < -0.3 is 35.6 Å². The largest absolute Gasteiger partial charge is 0.391 e. The second-order valence-corrected chi connectivity index (χ2v) is 22.1. The molecule has 0 aliphatic carbocycles. The van der Waals surface area contributed by atoms with Crippen molar-refractivity contribution < 1.29 is 29.0 Å². The number of aromatic nitrogens is 4. The van der Waals surface area contributed by atoms with Crippen LogP contribution in [0.3, 0.4) is 0 Å². The van der Waals surface area contributed by atoms with E-state index in [0.717, 1.165) is 80.9 Å². The Bertz CT molecular complexity index is 2720. The Balaban J connectivity index is 0.775. The molecule has 3 aliphatic rings. The minimum absolute atomic E-state index is 0.00869. The molecule has 0 spiro atoms. The monoisotopic (exact) mass is 1010 g/mol. The Labute approximate surface area is 422 Å². The lowest BCUT2D eigenvalue weighted by Gasteiger charge is -2.36. The SMILES string of the molecule is Cc1ncsc1-c1ccc(CNC(=O)[C@@H]2C[C@@H](O)CN2C(=O)[C@@H](NC(=O)CCN2CCC(OCCNC(=O)C[C@@H]3N=C(c4ccc(Cl)cc4)c4c(sc(C)c4C)-n4c(C)nnc43)CC2)C(C)(C)C)cc1. The summed E-state index contributed by atoms with van der Waals surface area (Å²) in [5.41, 5.74) is 7.93. The fraction of sp³-hybridized carbons (Fsp3) is 0.490. The lowest BCUT2D eigenvalue weighted by atomic mass is 9.85. The number of aryl methyl sites for hydroxylation is 3. The first-order valence-corrected chi connectivity index (χ1v) is 26.0. The molecule has 16 nitrogen and oxygen atoms in total. The standard InChI is InChI=1S/C51H63ClN10O6S2/c1-29-31(3)70-50-43(29)44(34-12-14-36(52)15-13-34)56-39(47-59-58-32(4)62(47)50)25-42(65)53-19-23-68-38-16-20-60(21-17-38)22-18-41(64)57-46(51(5,6)7)49(67)61-27-37(63)24-40(61)48(66)54-26-33-8-10-35(11-9-33)45-30(2)55-28-69-45/h8-15,28,37-40,46,63H,16-27H2,1-7H3,(H,53,65)(H,54,66)(H,57,64)/t37-,39+,40+,46-/m1/s1. The molecule has 8 rings (SSSR count). The number of hydrogen-bond acceptors (Lipinski definition) is 13. The number of fused-ring (bicyclic) bond motifs is 3. The number of benzene rings is 2. The van der Waals surface area contributed by atoms with Crippen molar-refractivity contribution >= 4 is 63.6 Å². The van der Waals surface area contributed by atoms with Crippen molar-refractivity contribution in [1.29, 1.82) is 0 Å². The van der Waals surface area contributed by atoms with Crippen LogP contribution in [0.15, 0.2) is 59.0 Å². The summed E-state index contributed by atoms with van der Waals surface area (Å²) in [5, 5.41) is 30.1. The summed E-state index contributed by atoms with van der Waals surface area (Å²) in [4.78, 5) is 70.0. The van der Waals surface area contributed by atoms with E-state index >= 15 is 0 Å². The van der Waals surface area contributed by atoms with Gasteiger partial charge in [-0.3, -0.25) is 28.7 Å². The highest BCUT2D eigenvalue weighted by Gasteiger charge is 2.44. The summed E-state index contributed by atoms with van der Waals surface area (Å²) in [7, 11) is 0. The summed E-state index contributed by atoms with van der Waals surface area (Å²) in [6.07, 6.45) is 1.12. The van der Waals surface area contributed by atoms with E-state index in [0.29, 0.717) is 30.5 Å². The lowest BCUT2D eigenvalue weighted by Crippen LogP contribution is -2.58. The van der Waals surface area contributed by atoms with Gasteiger partial charge in [-0.15, -0.1) is 32.9 Å².